The minimum absolute atomic E-state index is 0.0248. The molecule has 4 rings (SSSR count). The van der Waals surface area contributed by atoms with Gasteiger partial charge in [0.15, 0.2) is 0 Å². The third-order valence-electron chi connectivity index (χ3n) is 6.88. The normalized spacial score (nSPS) is 14.6. The summed E-state index contributed by atoms with van der Waals surface area (Å²) in [5.74, 6) is -1.64. The number of carboxylic acid groups (broad SMARTS) is 1. The summed E-state index contributed by atoms with van der Waals surface area (Å²) in [7, 11) is 0. The molecule has 2 aromatic carbocycles. The van der Waals surface area contributed by atoms with Crippen LogP contribution >= 0.6 is 0 Å². The van der Waals surface area contributed by atoms with Gasteiger partial charge >= 0.3 is 5.97 Å². The molecular formula is C31H33FN2O5. The number of hydrogen-bond acceptors (Lipinski definition) is 5. The summed E-state index contributed by atoms with van der Waals surface area (Å²) < 4.78 is 14.0. The Morgan fingerprint density at radius 2 is 1.77 bits per heavy atom. The van der Waals surface area contributed by atoms with Crippen LogP contribution in [0.1, 0.15) is 61.9 Å². The molecule has 8 heteroatoms. The van der Waals surface area contributed by atoms with E-state index in [-0.39, 0.29) is 30.6 Å². The van der Waals surface area contributed by atoms with Gasteiger partial charge in [0.05, 0.1) is 30.0 Å². The van der Waals surface area contributed by atoms with Gasteiger partial charge in [-0.05, 0) is 34.7 Å². The minimum atomic E-state index is -1.20. The fraction of sp³-hybridized carbons (Fsp3) is 0.323. The number of aliphatic carboxylic acids is 1. The lowest BCUT2D eigenvalue weighted by atomic mass is 9.87. The summed E-state index contributed by atoms with van der Waals surface area (Å²) in [5, 5.41) is 29.5. The number of nitrogens with zero attached hydrogens (tertiary/aromatic N) is 2. The Bertz CT molecular complexity index is 1400. The summed E-state index contributed by atoms with van der Waals surface area (Å²) in [6.45, 7) is 6.27. The van der Waals surface area contributed by atoms with Crippen LogP contribution in [0.25, 0.3) is 28.5 Å². The summed E-state index contributed by atoms with van der Waals surface area (Å²) in [4.78, 5) is 30.4. The smallest absolute Gasteiger partial charge is 0.305 e. The first kappa shape index (κ1) is 28.1. The number of carboxylic acids is 1. The van der Waals surface area contributed by atoms with Gasteiger partial charge in [0.1, 0.15) is 5.82 Å². The van der Waals surface area contributed by atoms with Crippen molar-refractivity contribution in [2.24, 2.45) is 0 Å². The topological polar surface area (TPSA) is 111 Å². The van der Waals surface area contributed by atoms with E-state index in [4.69, 9.17) is 10.1 Å². The van der Waals surface area contributed by atoms with Crippen molar-refractivity contribution >= 4 is 18.0 Å². The molecule has 39 heavy (non-hydrogen) atoms. The second-order valence-electron chi connectivity index (χ2n) is 10.2. The minimum Gasteiger partial charge on any atom is -0.481 e. The van der Waals surface area contributed by atoms with Crippen molar-refractivity contribution in [3.05, 3.63) is 82.8 Å². The lowest BCUT2D eigenvalue weighted by Crippen LogP contribution is -2.27. The van der Waals surface area contributed by atoms with Gasteiger partial charge in [-0.2, -0.15) is 0 Å². The van der Waals surface area contributed by atoms with Gasteiger partial charge in [-0.1, -0.05) is 62.4 Å². The van der Waals surface area contributed by atoms with Crippen LogP contribution in [0.5, 0.6) is 0 Å². The first-order chi connectivity index (χ1) is 18.5. The Hall–Kier alpha value is -3.88. The predicted octanol–water partition coefficient (Wildman–Crippen LogP) is 5.14. The van der Waals surface area contributed by atoms with Gasteiger partial charge in [0.25, 0.3) is 0 Å². The van der Waals surface area contributed by atoms with Crippen molar-refractivity contribution < 1.29 is 29.3 Å². The molecule has 1 aliphatic heterocycles. The van der Waals surface area contributed by atoms with Crippen molar-refractivity contribution in [2.45, 2.75) is 64.8 Å². The number of benzene rings is 2. The van der Waals surface area contributed by atoms with Crippen molar-refractivity contribution in [1.29, 1.82) is 0 Å². The Morgan fingerprint density at radius 3 is 2.41 bits per heavy atom. The number of aromatic nitrogens is 1. The second-order valence-corrected chi connectivity index (χ2v) is 10.2. The fourth-order valence-corrected chi connectivity index (χ4v) is 5.00. The first-order valence-electron chi connectivity index (χ1n) is 13.0. The van der Waals surface area contributed by atoms with Crippen LogP contribution in [0.4, 0.5) is 4.39 Å². The molecular weight excluding hydrogens is 499 g/mol. The second kappa shape index (κ2) is 11.9. The molecule has 2 atom stereocenters. The van der Waals surface area contributed by atoms with Crippen molar-refractivity contribution in [2.75, 3.05) is 0 Å². The van der Waals surface area contributed by atoms with Crippen molar-refractivity contribution in [3.8, 4) is 22.4 Å². The molecule has 204 valence electrons. The molecule has 1 aliphatic rings. The average Bonchev–Trinajstić information content (AvgIpc) is 3.03. The van der Waals surface area contributed by atoms with E-state index in [1.54, 1.807) is 23.1 Å². The van der Waals surface area contributed by atoms with Crippen LogP contribution in [0, 0.1) is 5.82 Å². The molecule has 0 radical (unpaired) electrons. The highest BCUT2D eigenvalue weighted by Crippen LogP contribution is 2.42. The zero-order chi connectivity index (χ0) is 28.3. The van der Waals surface area contributed by atoms with Crippen LogP contribution in [-0.4, -0.2) is 49.3 Å². The molecule has 2 heterocycles. The number of carbonyl (C=O) groups excluding carboxylic acids is 1. The molecule has 0 spiro atoms. The number of aliphatic hydroxyl groups excluding tert-OH is 2. The standard InChI is InChI=1S/C31H33FN2O5/c1-18(2)30-26(13-12-23(36)14-24(37)15-28(38)39)29(20-8-10-22(32)11-9-20)27-17-34(19(3)35)16-21-6-4-5-7-25(21)31(27)33-30/h4-13,18,23-24,36-37H,14-17H2,1-3H3,(H,38,39)/b13-12+/t23-,24-/m1/s1. The molecule has 3 aromatic rings. The van der Waals surface area contributed by atoms with Crippen LogP contribution in [0.15, 0.2) is 54.6 Å². The van der Waals surface area contributed by atoms with E-state index in [0.29, 0.717) is 12.1 Å². The third kappa shape index (κ3) is 6.41. The van der Waals surface area contributed by atoms with E-state index in [1.807, 2.05) is 38.1 Å². The monoisotopic (exact) mass is 532 g/mol. The lowest BCUT2D eigenvalue weighted by Gasteiger charge is -2.24. The highest BCUT2D eigenvalue weighted by molar-refractivity contribution is 5.87. The molecule has 0 fully saturated rings. The number of fused-ring (bicyclic) bond motifs is 3. The first-order valence-corrected chi connectivity index (χ1v) is 13.0. The Labute approximate surface area is 227 Å². The lowest BCUT2D eigenvalue weighted by molar-refractivity contribution is -0.139. The van der Waals surface area contributed by atoms with E-state index in [9.17, 15) is 24.2 Å². The van der Waals surface area contributed by atoms with Gasteiger partial charge in [0, 0.05) is 43.1 Å². The zero-order valence-electron chi connectivity index (χ0n) is 22.3. The largest absolute Gasteiger partial charge is 0.481 e. The molecule has 0 unspecified atom stereocenters. The molecule has 0 aliphatic carbocycles. The maximum atomic E-state index is 14.0. The van der Waals surface area contributed by atoms with E-state index < -0.39 is 24.6 Å². The van der Waals surface area contributed by atoms with E-state index in [0.717, 1.165) is 39.2 Å². The SMILES string of the molecule is CC(=O)N1Cc2ccccc2-c2nc(C(C)C)c(/C=C/[C@@H](O)C[C@@H](O)CC(=O)O)c(-c3ccc(F)cc3)c2C1. The quantitative estimate of drug-likeness (QED) is 0.371. The van der Waals surface area contributed by atoms with Crippen LogP contribution in [-0.2, 0) is 22.7 Å². The van der Waals surface area contributed by atoms with Gasteiger partial charge in [0.2, 0.25) is 5.91 Å². The summed E-state index contributed by atoms with van der Waals surface area (Å²) >= 11 is 0. The molecule has 0 bridgehead atoms. The van der Waals surface area contributed by atoms with E-state index in [2.05, 4.69) is 0 Å². The highest BCUT2D eigenvalue weighted by atomic mass is 19.1. The molecule has 7 nitrogen and oxygen atoms in total. The highest BCUT2D eigenvalue weighted by Gasteiger charge is 2.28. The van der Waals surface area contributed by atoms with Crippen LogP contribution in [0.3, 0.4) is 0 Å². The van der Waals surface area contributed by atoms with Gasteiger partial charge in [-0.15, -0.1) is 0 Å². The van der Waals surface area contributed by atoms with Gasteiger partial charge in [-0.3, -0.25) is 14.6 Å². The molecule has 0 saturated carbocycles. The number of halogens is 1. The third-order valence-corrected chi connectivity index (χ3v) is 6.88. The number of aliphatic hydroxyl groups is 2. The number of pyridine rings is 1. The summed E-state index contributed by atoms with van der Waals surface area (Å²) in [6.07, 6.45) is 0.330. The summed E-state index contributed by atoms with van der Waals surface area (Å²) in [6, 6.07) is 14.0. The van der Waals surface area contributed by atoms with Gasteiger partial charge < -0.3 is 20.2 Å². The number of hydrogen-bond donors (Lipinski definition) is 3. The van der Waals surface area contributed by atoms with E-state index in [1.165, 1.54) is 25.1 Å². The predicted molar refractivity (Wildman–Crippen MR) is 147 cm³/mol. The van der Waals surface area contributed by atoms with E-state index >= 15 is 0 Å². The Balaban J connectivity index is 1.96. The number of amides is 1. The maximum Gasteiger partial charge on any atom is 0.305 e. The van der Waals surface area contributed by atoms with Crippen molar-refractivity contribution in [1.82, 2.24) is 9.88 Å². The van der Waals surface area contributed by atoms with Crippen LogP contribution in [0.2, 0.25) is 0 Å². The van der Waals surface area contributed by atoms with Gasteiger partial charge in [-0.25, -0.2) is 4.39 Å². The van der Waals surface area contributed by atoms with Crippen LogP contribution < -0.4 is 0 Å². The molecule has 0 saturated heterocycles. The van der Waals surface area contributed by atoms with Crippen molar-refractivity contribution in [3.63, 3.8) is 0 Å². The number of rotatable bonds is 8. The maximum absolute atomic E-state index is 14.0. The fourth-order valence-electron chi connectivity index (χ4n) is 5.00. The zero-order valence-corrected chi connectivity index (χ0v) is 22.3. The number of carbonyl (C=O) groups is 2. The summed E-state index contributed by atoms with van der Waals surface area (Å²) in [5.41, 5.74) is 6.46. The molecule has 3 N–H and O–H groups in total. The Kier molecular flexibility index (Phi) is 8.57. The average molecular weight is 533 g/mol. The molecule has 1 aromatic heterocycles. The molecule has 1 amide bonds. The Morgan fingerprint density at radius 1 is 1.08 bits per heavy atom.